The second-order valence-electron chi connectivity index (χ2n) is 6.65. The molecule has 0 bridgehead atoms. The van der Waals surface area contributed by atoms with Crippen LogP contribution in [-0.4, -0.2) is 37.1 Å². The number of hydrogen-bond donors (Lipinski definition) is 1. The molecule has 7 nitrogen and oxygen atoms in total. The third kappa shape index (κ3) is 4.83. The van der Waals surface area contributed by atoms with Gasteiger partial charge in [0.1, 0.15) is 0 Å². The van der Waals surface area contributed by atoms with E-state index in [2.05, 4.69) is 5.32 Å². The van der Waals surface area contributed by atoms with Gasteiger partial charge in [0.05, 0.1) is 22.3 Å². The van der Waals surface area contributed by atoms with Crippen molar-refractivity contribution in [2.45, 2.75) is 25.5 Å². The quantitative estimate of drug-likeness (QED) is 0.599. The van der Waals surface area contributed by atoms with Gasteiger partial charge in [0, 0.05) is 38.9 Å². The summed E-state index contributed by atoms with van der Waals surface area (Å²) in [6.07, 6.45) is 1.91. The molecule has 0 unspecified atom stereocenters. The molecule has 0 radical (unpaired) electrons. The average Bonchev–Trinajstić information content (AvgIpc) is 3.20. The molecule has 7 heteroatoms. The van der Waals surface area contributed by atoms with Crippen molar-refractivity contribution in [3.05, 3.63) is 69.8 Å². The lowest BCUT2D eigenvalue weighted by Gasteiger charge is -2.22. The largest absolute Gasteiger partial charge is 0.376 e. The number of nitro benzene ring substituents is 1. The van der Waals surface area contributed by atoms with Crippen LogP contribution >= 0.6 is 0 Å². The Hall–Kier alpha value is -2.93. The molecule has 1 fully saturated rings. The zero-order valence-electron chi connectivity index (χ0n) is 15.3. The third-order valence-electron chi connectivity index (χ3n) is 4.62. The molecule has 1 N–H and O–H groups in total. The van der Waals surface area contributed by atoms with E-state index in [0.717, 1.165) is 18.4 Å². The first-order chi connectivity index (χ1) is 13.0. The van der Waals surface area contributed by atoms with E-state index in [4.69, 9.17) is 4.74 Å². The van der Waals surface area contributed by atoms with Crippen LogP contribution in [0.25, 0.3) is 0 Å². The molecule has 1 heterocycles. The highest BCUT2D eigenvalue weighted by atomic mass is 16.6. The van der Waals surface area contributed by atoms with Crippen molar-refractivity contribution in [3.8, 4) is 0 Å². The zero-order valence-corrected chi connectivity index (χ0v) is 15.3. The van der Waals surface area contributed by atoms with Crippen molar-refractivity contribution in [1.29, 1.82) is 0 Å². The summed E-state index contributed by atoms with van der Waals surface area (Å²) in [5.41, 5.74) is 1.92. The van der Waals surface area contributed by atoms with Gasteiger partial charge in [-0.3, -0.25) is 14.9 Å². The fourth-order valence-corrected chi connectivity index (χ4v) is 3.20. The number of benzene rings is 2. The Morgan fingerprint density at radius 1 is 1.30 bits per heavy atom. The number of nitrogens with zero attached hydrogens (tertiary/aromatic N) is 2. The van der Waals surface area contributed by atoms with Crippen LogP contribution in [0.15, 0.2) is 48.5 Å². The highest BCUT2D eigenvalue weighted by Gasteiger charge is 2.21. The van der Waals surface area contributed by atoms with Gasteiger partial charge in [0.25, 0.3) is 11.6 Å². The Balaban J connectivity index is 1.81. The summed E-state index contributed by atoms with van der Waals surface area (Å²) in [6, 6.07) is 14.2. The van der Waals surface area contributed by atoms with Gasteiger partial charge in [-0.2, -0.15) is 0 Å². The van der Waals surface area contributed by atoms with Gasteiger partial charge in [0.2, 0.25) is 0 Å². The summed E-state index contributed by atoms with van der Waals surface area (Å²) >= 11 is 0. The van der Waals surface area contributed by atoms with Crippen LogP contribution in [0.3, 0.4) is 0 Å². The molecule has 142 valence electrons. The van der Waals surface area contributed by atoms with E-state index in [1.807, 2.05) is 42.3 Å². The maximum absolute atomic E-state index is 12.7. The molecule has 1 aliphatic rings. The Kier molecular flexibility index (Phi) is 6.03. The maximum Gasteiger partial charge on any atom is 0.270 e. The number of non-ortho nitro benzene ring substituents is 1. The molecule has 1 aliphatic heterocycles. The minimum Gasteiger partial charge on any atom is -0.376 e. The van der Waals surface area contributed by atoms with Crippen molar-refractivity contribution in [2.75, 3.05) is 25.1 Å². The summed E-state index contributed by atoms with van der Waals surface area (Å²) in [7, 11) is 1.87. The lowest BCUT2D eigenvalue weighted by atomic mass is 10.1. The highest BCUT2D eigenvalue weighted by molar-refractivity contribution is 6.00. The molecule has 3 rings (SSSR count). The Labute approximate surface area is 158 Å². The van der Waals surface area contributed by atoms with E-state index in [1.54, 1.807) is 6.07 Å². The zero-order chi connectivity index (χ0) is 19.2. The Morgan fingerprint density at radius 2 is 2.07 bits per heavy atom. The Bertz CT molecular complexity index is 804. The molecule has 0 spiro atoms. The highest BCUT2D eigenvalue weighted by Crippen LogP contribution is 2.26. The van der Waals surface area contributed by atoms with Gasteiger partial charge in [-0.25, -0.2) is 0 Å². The van der Waals surface area contributed by atoms with Crippen molar-refractivity contribution < 1.29 is 14.5 Å². The second-order valence-corrected chi connectivity index (χ2v) is 6.65. The lowest BCUT2D eigenvalue weighted by Crippen LogP contribution is -2.33. The number of nitro groups is 1. The minimum atomic E-state index is -0.488. The number of amides is 1. The van der Waals surface area contributed by atoms with Crippen LogP contribution < -0.4 is 10.2 Å². The molecule has 0 saturated carbocycles. The summed E-state index contributed by atoms with van der Waals surface area (Å²) in [5, 5.41) is 14.0. The van der Waals surface area contributed by atoms with Crippen molar-refractivity contribution >= 4 is 17.3 Å². The van der Waals surface area contributed by atoms with Gasteiger partial charge in [-0.1, -0.05) is 30.3 Å². The predicted octanol–water partition coefficient (Wildman–Crippen LogP) is 3.14. The lowest BCUT2D eigenvalue weighted by molar-refractivity contribution is -0.384. The van der Waals surface area contributed by atoms with Crippen LogP contribution in [0.4, 0.5) is 11.4 Å². The molecule has 2 aromatic rings. The van der Waals surface area contributed by atoms with Crippen molar-refractivity contribution in [2.24, 2.45) is 0 Å². The van der Waals surface area contributed by atoms with Gasteiger partial charge < -0.3 is 15.0 Å². The summed E-state index contributed by atoms with van der Waals surface area (Å²) < 4.78 is 5.52. The Morgan fingerprint density at radius 3 is 2.74 bits per heavy atom. The number of carbonyl (C=O) groups excluding carboxylic acids is 1. The first kappa shape index (κ1) is 18.8. The van der Waals surface area contributed by atoms with Crippen LogP contribution in [0.5, 0.6) is 0 Å². The van der Waals surface area contributed by atoms with Crippen molar-refractivity contribution in [3.63, 3.8) is 0 Å². The molecular formula is C20H23N3O4. The fraction of sp³-hybridized carbons (Fsp3) is 0.350. The van der Waals surface area contributed by atoms with Crippen LogP contribution in [0, 0.1) is 10.1 Å². The first-order valence-corrected chi connectivity index (χ1v) is 8.98. The number of nitrogens with one attached hydrogen (secondary N) is 1. The second kappa shape index (κ2) is 8.64. The standard InChI is InChI=1S/C20H23N3O4/c1-22(14-15-6-3-2-4-7-15)19-10-9-16(23(25)26)12-18(19)20(24)21-13-17-8-5-11-27-17/h2-4,6-7,9-10,12,17H,5,8,11,13-14H2,1H3,(H,21,24)/t17-/m0/s1. The van der Waals surface area contributed by atoms with E-state index in [1.165, 1.54) is 12.1 Å². The molecule has 0 aliphatic carbocycles. The number of ether oxygens (including phenoxy) is 1. The molecular weight excluding hydrogens is 346 g/mol. The van der Waals surface area contributed by atoms with E-state index in [0.29, 0.717) is 30.9 Å². The normalized spacial score (nSPS) is 16.1. The SMILES string of the molecule is CN(Cc1ccccc1)c1ccc([N+](=O)[O-])cc1C(=O)NC[C@@H]1CCCO1. The topological polar surface area (TPSA) is 84.7 Å². The number of carbonyl (C=O) groups is 1. The van der Waals surface area contributed by atoms with Crippen LogP contribution in [0.2, 0.25) is 0 Å². The fourth-order valence-electron chi connectivity index (χ4n) is 3.20. The van der Waals surface area contributed by atoms with Gasteiger partial charge in [-0.05, 0) is 24.5 Å². The van der Waals surface area contributed by atoms with E-state index >= 15 is 0 Å². The summed E-state index contributed by atoms with van der Waals surface area (Å²) in [6.45, 7) is 1.70. The third-order valence-corrected chi connectivity index (χ3v) is 4.62. The van der Waals surface area contributed by atoms with Gasteiger partial charge in [0.15, 0.2) is 0 Å². The average molecular weight is 369 g/mol. The smallest absolute Gasteiger partial charge is 0.270 e. The maximum atomic E-state index is 12.7. The van der Waals surface area contributed by atoms with Crippen LogP contribution in [-0.2, 0) is 11.3 Å². The molecule has 1 amide bonds. The molecule has 27 heavy (non-hydrogen) atoms. The van der Waals surface area contributed by atoms with E-state index in [-0.39, 0.29) is 17.7 Å². The summed E-state index contributed by atoms with van der Waals surface area (Å²) in [4.78, 5) is 25.3. The molecule has 2 aromatic carbocycles. The number of rotatable bonds is 7. The number of hydrogen-bond acceptors (Lipinski definition) is 5. The molecule has 1 saturated heterocycles. The molecule has 1 atom stereocenters. The predicted molar refractivity (Wildman–Crippen MR) is 103 cm³/mol. The van der Waals surface area contributed by atoms with Gasteiger partial charge >= 0.3 is 0 Å². The minimum absolute atomic E-state index is 0.0122. The van der Waals surface area contributed by atoms with E-state index in [9.17, 15) is 14.9 Å². The van der Waals surface area contributed by atoms with Crippen molar-refractivity contribution in [1.82, 2.24) is 5.32 Å². The van der Waals surface area contributed by atoms with Crippen LogP contribution in [0.1, 0.15) is 28.8 Å². The number of anilines is 1. The van der Waals surface area contributed by atoms with E-state index < -0.39 is 4.92 Å². The monoisotopic (exact) mass is 369 g/mol. The summed E-state index contributed by atoms with van der Waals surface area (Å²) in [5.74, 6) is -0.330. The first-order valence-electron chi connectivity index (χ1n) is 8.98. The van der Waals surface area contributed by atoms with Gasteiger partial charge in [-0.15, -0.1) is 0 Å². The molecule has 0 aromatic heterocycles.